The molecule has 0 spiro atoms. The van der Waals surface area contributed by atoms with E-state index in [-0.39, 0.29) is 24.5 Å². The molecular formula is C30H38FN7O3. The molecule has 5 rings (SSSR count). The van der Waals surface area contributed by atoms with Gasteiger partial charge in [-0.25, -0.2) is 9.18 Å². The number of carbonyl (C=O) groups excluding carboxylic acids is 1. The van der Waals surface area contributed by atoms with Gasteiger partial charge in [0.05, 0.1) is 7.11 Å². The van der Waals surface area contributed by atoms with Gasteiger partial charge in [-0.2, -0.15) is 15.0 Å². The number of nitrogens with zero attached hydrogens (tertiary/aromatic N) is 4. The zero-order valence-electron chi connectivity index (χ0n) is 23.4. The molecule has 1 aromatic heterocycles. The maximum Gasteiger partial charge on any atom is 0.410 e. The first-order valence-corrected chi connectivity index (χ1v) is 14.4. The topological polar surface area (TPSA) is 114 Å². The zero-order chi connectivity index (χ0) is 28.4. The zero-order valence-corrected chi connectivity index (χ0v) is 23.4. The number of piperidine rings is 1. The molecule has 11 heteroatoms. The van der Waals surface area contributed by atoms with Crippen molar-refractivity contribution in [2.75, 3.05) is 36.1 Å². The van der Waals surface area contributed by atoms with Gasteiger partial charge in [0.1, 0.15) is 6.61 Å². The Morgan fingerprint density at radius 1 is 0.878 bits per heavy atom. The van der Waals surface area contributed by atoms with Crippen LogP contribution in [-0.2, 0) is 11.3 Å². The number of amides is 1. The average Bonchev–Trinajstić information content (AvgIpc) is 3.25. The predicted molar refractivity (Wildman–Crippen MR) is 156 cm³/mol. The van der Waals surface area contributed by atoms with E-state index in [1.54, 1.807) is 17.0 Å². The summed E-state index contributed by atoms with van der Waals surface area (Å²) in [5, 5.41) is 10.0. The van der Waals surface area contributed by atoms with Crippen LogP contribution in [-0.4, -0.2) is 58.2 Å². The van der Waals surface area contributed by atoms with Crippen LogP contribution in [0.15, 0.2) is 48.5 Å². The molecule has 218 valence electrons. The smallest absolute Gasteiger partial charge is 0.410 e. The third kappa shape index (κ3) is 8.18. The van der Waals surface area contributed by atoms with Gasteiger partial charge in [0.25, 0.3) is 0 Å². The summed E-state index contributed by atoms with van der Waals surface area (Å²) in [6, 6.07) is 14.6. The first kappa shape index (κ1) is 28.4. The molecule has 0 atom stereocenters. The van der Waals surface area contributed by atoms with Crippen molar-refractivity contribution in [3.05, 3.63) is 59.9 Å². The summed E-state index contributed by atoms with van der Waals surface area (Å²) in [4.78, 5) is 28.2. The van der Waals surface area contributed by atoms with E-state index < -0.39 is 5.82 Å². The fraction of sp³-hybridized carbons (Fsp3) is 0.467. The van der Waals surface area contributed by atoms with Gasteiger partial charge in [-0.15, -0.1) is 0 Å². The predicted octanol–water partition coefficient (Wildman–Crippen LogP) is 6.11. The van der Waals surface area contributed by atoms with Crippen molar-refractivity contribution in [2.45, 2.75) is 70.1 Å². The van der Waals surface area contributed by atoms with E-state index in [0.29, 0.717) is 42.7 Å². The fourth-order valence-corrected chi connectivity index (χ4v) is 5.24. The number of rotatable bonds is 9. The van der Waals surface area contributed by atoms with Crippen molar-refractivity contribution in [3.8, 4) is 5.75 Å². The Bertz CT molecular complexity index is 1280. The highest BCUT2D eigenvalue weighted by molar-refractivity contribution is 5.67. The second-order valence-electron chi connectivity index (χ2n) is 10.6. The van der Waals surface area contributed by atoms with Gasteiger partial charge < -0.3 is 30.3 Å². The molecule has 0 radical (unpaired) electrons. The highest BCUT2D eigenvalue weighted by atomic mass is 19.1. The maximum atomic E-state index is 14.3. The van der Waals surface area contributed by atoms with E-state index in [2.05, 4.69) is 30.9 Å². The number of ether oxygens (including phenoxy) is 2. The Morgan fingerprint density at radius 3 is 2.15 bits per heavy atom. The first-order chi connectivity index (χ1) is 20.1. The molecule has 3 N–H and O–H groups in total. The fourth-order valence-electron chi connectivity index (χ4n) is 5.24. The molecule has 1 saturated carbocycles. The van der Waals surface area contributed by atoms with E-state index in [0.717, 1.165) is 31.2 Å². The Morgan fingerprint density at radius 2 is 1.51 bits per heavy atom. The standard InChI is InChI=1S/C30H38FN7O3/c1-40-26-14-13-24(19-25(26)31)34-29-36-27(32-22-11-7-2-3-8-12-22)35-28(37-29)33-23-15-17-38(18-16-23)30(39)41-20-21-9-5-4-6-10-21/h4-6,9-10,13-14,19,22-23H,2-3,7-8,11-12,15-18,20H2,1H3,(H3,32,33,34,35,36,37). The van der Waals surface area contributed by atoms with E-state index in [1.807, 2.05) is 30.3 Å². The van der Waals surface area contributed by atoms with E-state index in [4.69, 9.17) is 9.47 Å². The molecule has 0 bridgehead atoms. The van der Waals surface area contributed by atoms with E-state index >= 15 is 0 Å². The molecule has 3 aromatic rings. The monoisotopic (exact) mass is 563 g/mol. The van der Waals surface area contributed by atoms with Gasteiger partial charge in [0, 0.05) is 36.9 Å². The van der Waals surface area contributed by atoms with Gasteiger partial charge in [-0.3, -0.25) is 0 Å². The number of nitrogens with one attached hydrogen (secondary N) is 3. The second kappa shape index (κ2) is 14.0. The van der Waals surface area contributed by atoms with Gasteiger partial charge in [0.15, 0.2) is 11.6 Å². The van der Waals surface area contributed by atoms with Gasteiger partial charge in [-0.05, 0) is 43.4 Å². The van der Waals surface area contributed by atoms with E-state index in [1.165, 1.54) is 38.9 Å². The van der Waals surface area contributed by atoms with Crippen LogP contribution in [0, 0.1) is 5.82 Å². The molecule has 2 heterocycles. The summed E-state index contributed by atoms with van der Waals surface area (Å²) >= 11 is 0. The van der Waals surface area contributed by atoms with Crippen LogP contribution in [0.5, 0.6) is 5.75 Å². The third-order valence-electron chi connectivity index (χ3n) is 7.52. The lowest BCUT2D eigenvalue weighted by Crippen LogP contribution is -2.42. The highest BCUT2D eigenvalue weighted by Crippen LogP contribution is 2.25. The SMILES string of the molecule is COc1ccc(Nc2nc(NC3CCCCCC3)nc(NC3CCN(C(=O)OCc4ccccc4)CC3)n2)cc1F. The number of benzene rings is 2. The maximum absolute atomic E-state index is 14.3. The van der Waals surface area contributed by atoms with Gasteiger partial charge in [-0.1, -0.05) is 56.0 Å². The molecular weight excluding hydrogens is 525 g/mol. The number of anilines is 4. The summed E-state index contributed by atoms with van der Waals surface area (Å²) in [6.45, 7) is 1.40. The summed E-state index contributed by atoms with van der Waals surface area (Å²) in [7, 11) is 1.43. The van der Waals surface area contributed by atoms with Crippen LogP contribution in [0.2, 0.25) is 0 Å². The van der Waals surface area contributed by atoms with Crippen molar-refractivity contribution in [1.82, 2.24) is 19.9 Å². The molecule has 41 heavy (non-hydrogen) atoms. The second-order valence-corrected chi connectivity index (χ2v) is 10.6. The Hall–Kier alpha value is -4.15. The van der Waals surface area contributed by atoms with Crippen LogP contribution in [0.4, 0.5) is 32.7 Å². The Balaban J connectivity index is 1.23. The average molecular weight is 564 g/mol. The first-order valence-electron chi connectivity index (χ1n) is 14.4. The van der Waals surface area contributed by atoms with Crippen LogP contribution < -0.4 is 20.7 Å². The normalized spacial score (nSPS) is 16.5. The molecule has 2 fully saturated rings. The van der Waals surface area contributed by atoms with Crippen LogP contribution in [0.3, 0.4) is 0 Å². The van der Waals surface area contributed by atoms with Crippen molar-refractivity contribution in [3.63, 3.8) is 0 Å². The summed E-state index contributed by atoms with van der Waals surface area (Å²) in [6.07, 6.45) is 8.13. The highest BCUT2D eigenvalue weighted by Gasteiger charge is 2.25. The largest absolute Gasteiger partial charge is 0.494 e. The minimum atomic E-state index is -0.476. The molecule has 1 aliphatic carbocycles. The number of hydrogen-bond donors (Lipinski definition) is 3. The van der Waals surface area contributed by atoms with Crippen LogP contribution >= 0.6 is 0 Å². The molecule has 10 nitrogen and oxygen atoms in total. The van der Waals surface area contributed by atoms with Gasteiger partial charge in [0.2, 0.25) is 17.8 Å². The Kier molecular flexibility index (Phi) is 9.66. The minimum absolute atomic E-state index is 0.0765. The molecule has 2 aliphatic rings. The van der Waals surface area contributed by atoms with Crippen LogP contribution in [0.25, 0.3) is 0 Å². The summed E-state index contributed by atoms with van der Waals surface area (Å²) in [5.74, 6) is 0.908. The molecule has 1 saturated heterocycles. The summed E-state index contributed by atoms with van der Waals surface area (Å²) in [5.41, 5.74) is 1.46. The van der Waals surface area contributed by atoms with E-state index in [9.17, 15) is 9.18 Å². The van der Waals surface area contributed by atoms with Crippen molar-refractivity contribution < 1.29 is 18.7 Å². The lowest BCUT2D eigenvalue weighted by atomic mass is 10.1. The van der Waals surface area contributed by atoms with Crippen molar-refractivity contribution >= 4 is 29.6 Å². The van der Waals surface area contributed by atoms with Crippen molar-refractivity contribution in [2.24, 2.45) is 0 Å². The molecule has 2 aromatic carbocycles. The molecule has 0 unspecified atom stereocenters. The van der Waals surface area contributed by atoms with Crippen LogP contribution in [0.1, 0.15) is 56.9 Å². The number of aromatic nitrogens is 3. The lowest BCUT2D eigenvalue weighted by molar-refractivity contribution is 0.0881. The molecule has 1 aliphatic heterocycles. The quantitative estimate of drug-likeness (QED) is 0.265. The Labute approximate surface area is 240 Å². The third-order valence-corrected chi connectivity index (χ3v) is 7.52. The number of methoxy groups -OCH3 is 1. The van der Waals surface area contributed by atoms with Crippen molar-refractivity contribution in [1.29, 1.82) is 0 Å². The number of hydrogen-bond acceptors (Lipinski definition) is 9. The number of likely N-dealkylation sites (tertiary alicyclic amines) is 1. The number of carbonyl (C=O) groups is 1. The number of halogens is 1. The lowest BCUT2D eigenvalue weighted by Gasteiger charge is -2.31. The molecule has 1 amide bonds. The van der Waals surface area contributed by atoms with Gasteiger partial charge >= 0.3 is 6.09 Å². The minimum Gasteiger partial charge on any atom is -0.494 e. The summed E-state index contributed by atoms with van der Waals surface area (Å²) < 4.78 is 24.8.